The predicted molar refractivity (Wildman–Crippen MR) is 97.8 cm³/mol. The molecule has 1 aromatic carbocycles. The van der Waals surface area contributed by atoms with E-state index in [0.717, 1.165) is 22.6 Å². The van der Waals surface area contributed by atoms with Gasteiger partial charge in [0.25, 0.3) is 5.91 Å². The number of methoxy groups -OCH3 is 1. The van der Waals surface area contributed by atoms with Crippen LogP contribution in [0.5, 0.6) is 0 Å². The van der Waals surface area contributed by atoms with E-state index in [1.807, 2.05) is 32.9 Å². The second-order valence-corrected chi connectivity index (χ2v) is 6.26. The lowest BCUT2D eigenvalue weighted by molar-refractivity contribution is -0.136. The van der Waals surface area contributed by atoms with E-state index >= 15 is 0 Å². The summed E-state index contributed by atoms with van der Waals surface area (Å²) in [4.78, 5) is 23.0. The number of ether oxygens (including phenoxy) is 1. The first-order valence-electron chi connectivity index (χ1n) is 8.51. The van der Waals surface area contributed by atoms with Gasteiger partial charge in [0.15, 0.2) is 0 Å². The molecule has 2 N–H and O–H groups in total. The molecule has 0 fully saturated rings. The van der Waals surface area contributed by atoms with E-state index in [4.69, 9.17) is 9.84 Å². The van der Waals surface area contributed by atoms with Crippen molar-refractivity contribution in [1.82, 2.24) is 15.1 Å². The van der Waals surface area contributed by atoms with Crippen LogP contribution < -0.4 is 5.32 Å². The molecule has 7 nitrogen and oxygen atoms in total. The number of rotatable bonds is 8. The maximum atomic E-state index is 12.1. The Kier molecular flexibility index (Phi) is 6.52. The summed E-state index contributed by atoms with van der Waals surface area (Å²) < 4.78 is 6.89. The normalized spacial score (nSPS) is 12.0. The highest BCUT2D eigenvalue weighted by Crippen LogP contribution is 2.20. The van der Waals surface area contributed by atoms with Crippen LogP contribution in [0, 0.1) is 13.8 Å². The second kappa shape index (κ2) is 8.62. The van der Waals surface area contributed by atoms with Gasteiger partial charge in [0.05, 0.1) is 17.5 Å². The number of amides is 1. The number of aromatic nitrogens is 2. The maximum absolute atomic E-state index is 12.1. The Morgan fingerprint density at radius 2 is 1.92 bits per heavy atom. The molecule has 0 radical (unpaired) electrons. The van der Waals surface area contributed by atoms with Gasteiger partial charge >= 0.3 is 5.97 Å². The van der Waals surface area contributed by atoms with Crippen molar-refractivity contribution in [3.63, 3.8) is 0 Å². The summed E-state index contributed by atoms with van der Waals surface area (Å²) in [5, 5.41) is 16.2. The molecule has 0 aliphatic heterocycles. The molecule has 1 amide bonds. The first kappa shape index (κ1) is 19.7. The van der Waals surface area contributed by atoms with Crippen molar-refractivity contribution in [2.75, 3.05) is 13.7 Å². The molecule has 0 saturated heterocycles. The number of aryl methyl sites for hydroxylation is 1. The summed E-state index contributed by atoms with van der Waals surface area (Å²) >= 11 is 0. The van der Waals surface area contributed by atoms with E-state index in [9.17, 15) is 9.59 Å². The molecule has 2 aromatic rings. The summed E-state index contributed by atoms with van der Waals surface area (Å²) in [5.41, 5.74) is 4.07. The van der Waals surface area contributed by atoms with Crippen molar-refractivity contribution in [2.45, 2.75) is 39.7 Å². The molecule has 0 spiro atoms. The van der Waals surface area contributed by atoms with E-state index in [-0.39, 0.29) is 18.4 Å². The molecule has 0 aliphatic rings. The number of hydrogen-bond donors (Lipinski definition) is 2. The topological polar surface area (TPSA) is 93.5 Å². The van der Waals surface area contributed by atoms with Crippen LogP contribution in [-0.2, 0) is 16.0 Å². The minimum absolute atomic E-state index is 0.0443. The highest BCUT2D eigenvalue weighted by atomic mass is 16.5. The zero-order valence-electron chi connectivity index (χ0n) is 15.6. The van der Waals surface area contributed by atoms with Crippen LogP contribution in [0.15, 0.2) is 24.3 Å². The molecule has 26 heavy (non-hydrogen) atoms. The van der Waals surface area contributed by atoms with Crippen molar-refractivity contribution in [3.8, 4) is 5.69 Å². The fourth-order valence-corrected chi connectivity index (χ4v) is 2.70. The Morgan fingerprint density at radius 3 is 2.50 bits per heavy atom. The summed E-state index contributed by atoms with van der Waals surface area (Å²) in [6, 6.07) is 7.15. The molecular weight excluding hydrogens is 334 g/mol. The molecule has 0 saturated carbocycles. The maximum Gasteiger partial charge on any atom is 0.303 e. The van der Waals surface area contributed by atoms with E-state index in [0.29, 0.717) is 18.5 Å². The Morgan fingerprint density at radius 1 is 1.27 bits per heavy atom. The third-order valence-corrected chi connectivity index (χ3v) is 4.36. The number of nitrogens with one attached hydrogen (secondary N) is 1. The minimum atomic E-state index is -0.824. The van der Waals surface area contributed by atoms with Crippen molar-refractivity contribution in [2.24, 2.45) is 0 Å². The Hall–Kier alpha value is -2.67. The van der Waals surface area contributed by atoms with Crippen molar-refractivity contribution in [1.29, 1.82) is 0 Å². The van der Waals surface area contributed by atoms with Gasteiger partial charge in [0, 0.05) is 31.3 Å². The summed E-state index contributed by atoms with van der Waals surface area (Å²) in [6.07, 6.45) is 0.481. The molecule has 1 atom stereocenters. The van der Waals surface area contributed by atoms with Crippen molar-refractivity contribution in [3.05, 3.63) is 46.8 Å². The Labute approximate surface area is 153 Å². The largest absolute Gasteiger partial charge is 0.481 e. The van der Waals surface area contributed by atoms with Gasteiger partial charge in [-0.1, -0.05) is 0 Å². The Balaban J connectivity index is 2.14. The molecule has 2 rings (SSSR count). The number of hydrogen-bond acceptors (Lipinski definition) is 4. The summed E-state index contributed by atoms with van der Waals surface area (Å²) in [5.74, 6) is -0.981. The second-order valence-electron chi connectivity index (χ2n) is 6.26. The van der Waals surface area contributed by atoms with Crippen LogP contribution in [0.2, 0.25) is 0 Å². The van der Waals surface area contributed by atoms with Gasteiger partial charge in [-0.25, -0.2) is 4.68 Å². The van der Waals surface area contributed by atoms with Gasteiger partial charge in [0.1, 0.15) is 0 Å². The molecule has 7 heteroatoms. The van der Waals surface area contributed by atoms with Crippen LogP contribution >= 0.6 is 0 Å². The van der Waals surface area contributed by atoms with Crippen molar-refractivity contribution < 1.29 is 19.4 Å². The third-order valence-electron chi connectivity index (χ3n) is 4.36. The zero-order chi connectivity index (χ0) is 19.3. The van der Waals surface area contributed by atoms with Gasteiger partial charge in [-0.15, -0.1) is 0 Å². The smallest absolute Gasteiger partial charge is 0.303 e. The molecule has 1 unspecified atom stereocenters. The SMILES string of the molecule is COC(C)CNC(=O)c1ccc(-n2nc(C)c(CCC(=O)O)c2C)cc1. The number of carboxylic acid groups (broad SMARTS) is 1. The van der Waals surface area contributed by atoms with Crippen LogP contribution in [-0.4, -0.2) is 46.5 Å². The van der Waals surface area contributed by atoms with E-state index < -0.39 is 5.97 Å². The monoisotopic (exact) mass is 359 g/mol. The fraction of sp³-hybridized carbons (Fsp3) is 0.421. The number of carboxylic acids is 1. The number of aliphatic carboxylic acids is 1. The lowest BCUT2D eigenvalue weighted by Crippen LogP contribution is -2.31. The van der Waals surface area contributed by atoms with Gasteiger partial charge in [0.2, 0.25) is 0 Å². The van der Waals surface area contributed by atoms with Crippen LogP contribution in [0.1, 0.15) is 40.7 Å². The zero-order valence-corrected chi connectivity index (χ0v) is 15.6. The van der Waals surface area contributed by atoms with Crippen LogP contribution in [0.25, 0.3) is 5.69 Å². The molecular formula is C19H25N3O4. The van der Waals surface area contributed by atoms with E-state index in [2.05, 4.69) is 10.4 Å². The molecule has 1 heterocycles. The minimum Gasteiger partial charge on any atom is -0.481 e. The van der Waals surface area contributed by atoms with Crippen LogP contribution in [0.3, 0.4) is 0 Å². The summed E-state index contributed by atoms with van der Waals surface area (Å²) in [6.45, 7) is 6.12. The van der Waals surface area contributed by atoms with Crippen molar-refractivity contribution >= 4 is 11.9 Å². The molecule has 0 bridgehead atoms. The standard InChI is InChI=1S/C19H25N3O4/c1-12(26-4)11-20-19(25)15-5-7-16(8-6-15)22-14(3)17(13(2)21-22)9-10-18(23)24/h5-8,12H,9-11H2,1-4H3,(H,20,25)(H,23,24). The average molecular weight is 359 g/mol. The number of carbonyl (C=O) groups is 2. The first-order valence-corrected chi connectivity index (χ1v) is 8.51. The fourth-order valence-electron chi connectivity index (χ4n) is 2.70. The van der Waals surface area contributed by atoms with Gasteiger partial charge in [-0.05, 0) is 57.0 Å². The highest BCUT2D eigenvalue weighted by Gasteiger charge is 2.14. The number of nitrogens with zero attached hydrogens (tertiary/aromatic N) is 2. The highest BCUT2D eigenvalue weighted by molar-refractivity contribution is 5.94. The van der Waals surface area contributed by atoms with Crippen LogP contribution in [0.4, 0.5) is 0 Å². The lowest BCUT2D eigenvalue weighted by Gasteiger charge is -2.11. The van der Waals surface area contributed by atoms with Gasteiger partial charge in [-0.3, -0.25) is 9.59 Å². The van der Waals surface area contributed by atoms with Gasteiger partial charge in [-0.2, -0.15) is 5.10 Å². The lowest BCUT2D eigenvalue weighted by atomic mass is 10.1. The third kappa shape index (κ3) is 4.70. The molecule has 0 aliphatic carbocycles. The molecule has 140 valence electrons. The first-order chi connectivity index (χ1) is 12.3. The van der Waals surface area contributed by atoms with E-state index in [1.165, 1.54) is 0 Å². The number of benzene rings is 1. The Bertz CT molecular complexity index is 781. The quantitative estimate of drug-likeness (QED) is 0.754. The molecule has 1 aromatic heterocycles. The average Bonchev–Trinajstić information content (AvgIpc) is 2.91. The predicted octanol–water partition coefficient (Wildman–Crippen LogP) is 2.27. The summed E-state index contributed by atoms with van der Waals surface area (Å²) in [7, 11) is 1.60. The van der Waals surface area contributed by atoms with E-state index in [1.54, 1.807) is 23.9 Å². The van der Waals surface area contributed by atoms with Gasteiger partial charge < -0.3 is 15.2 Å². The number of carbonyl (C=O) groups excluding carboxylic acids is 1.